The first-order valence-corrected chi connectivity index (χ1v) is 5.21. The van der Waals surface area contributed by atoms with E-state index in [4.69, 9.17) is 0 Å². The van der Waals surface area contributed by atoms with E-state index in [-0.39, 0.29) is 5.78 Å². The van der Waals surface area contributed by atoms with Crippen molar-refractivity contribution in [2.45, 2.75) is 13.3 Å². The van der Waals surface area contributed by atoms with E-state index in [9.17, 15) is 4.79 Å². The SMILES string of the molecule is C=CCNCC(=O)c1cccc(CC)c1. The lowest BCUT2D eigenvalue weighted by Gasteiger charge is -2.03. The Labute approximate surface area is 91.0 Å². The zero-order valence-corrected chi connectivity index (χ0v) is 9.12. The van der Waals surface area contributed by atoms with E-state index < -0.39 is 0 Å². The molecule has 0 spiro atoms. The van der Waals surface area contributed by atoms with Crippen molar-refractivity contribution in [3.8, 4) is 0 Å². The van der Waals surface area contributed by atoms with Gasteiger partial charge in [-0.25, -0.2) is 0 Å². The average Bonchev–Trinajstić information content (AvgIpc) is 2.29. The van der Waals surface area contributed by atoms with Gasteiger partial charge in [0, 0.05) is 12.1 Å². The van der Waals surface area contributed by atoms with Gasteiger partial charge in [0.05, 0.1) is 6.54 Å². The Hall–Kier alpha value is -1.41. The molecule has 0 aromatic heterocycles. The van der Waals surface area contributed by atoms with Crippen molar-refractivity contribution in [3.63, 3.8) is 0 Å². The Morgan fingerprint density at radius 1 is 1.53 bits per heavy atom. The van der Waals surface area contributed by atoms with Crippen LogP contribution >= 0.6 is 0 Å². The van der Waals surface area contributed by atoms with Gasteiger partial charge in [0.15, 0.2) is 5.78 Å². The van der Waals surface area contributed by atoms with Crippen molar-refractivity contribution in [1.82, 2.24) is 5.32 Å². The van der Waals surface area contributed by atoms with Crippen LogP contribution in [-0.4, -0.2) is 18.9 Å². The van der Waals surface area contributed by atoms with Crippen molar-refractivity contribution >= 4 is 5.78 Å². The highest BCUT2D eigenvalue weighted by Crippen LogP contribution is 2.06. The molecule has 1 aromatic rings. The minimum atomic E-state index is 0.132. The first-order valence-electron chi connectivity index (χ1n) is 5.21. The zero-order valence-electron chi connectivity index (χ0n) is 9.12. The molecular formula is C13H17NO. The molecule has 0 radical (unpaired) electrons. The van der Waals surface area contributed by atoms with Gasteiger partial charge in [-0.3, -0.25) is 4.79 Å². The van der Waals surface area contributed by atoms with Gasteiger partial charge in [0.25, 0.3) is 0 Å². The summed E-state index contributed by atoms with van der Waals surface area (Å²) in [6.45, 7) is 6.71. The lowest BCUT2D eigenvalue weighted by molar-refractivity contribution is 0.0992. The summed E-state index contributed by atoms with van der Waals surface area (Å²) in [5.74, 6) is 0.132. The van der Waals surface area contributed by atoms with Crippen LogP contribution in [0.2, 0.25) is 0 Å². The van der Waals surface area contributed by atoms with Crippen molar-refractivity contribution in [3.05, 3.63) is 48.0 Å². The van der Waals surface area contributed by atoms with Crippen molar-refractivity contribution in [2.24, 2.45) is 0 Å². The van der Waals surface area contributed by atoms with Crippen LogP contribution in [0.1, 0.15) is 22.8 Å². The van der Waals surface area contributed by atoms with E-state index in [0.717, 1.165) is 12.0 Å². The van der Waals surface area contributed by atoms with Crippen LogP contribution in [0, 0.1) is 0 Å². The molecule has 0 aliphatic rings. The van der Waals surface area contributed by atoms with Gasteiger partial charge in [0.1, 0.15) is 0 Å². The molecule has 0 fully saturated rings. The molecule has 0 saturated heterocycles. The summed E-state index contributed by atoms with van der Waals surface area (Å²) in [4.78, 5) is 11.7. The van der Waals surface area contributed by atoms with Crippen LogP contribution < -0.4 is 5.32 Å². The highest BCUT2D eigenvalue weighted by molar-refractivity contribution is 5.97. The van der Waals surface area contributed by atoms with Crippen LogP contribution in [0.15, 0.2) is 36.9 Å². The summed E-state index contributed by atoms with van der Waals surface area (Å²) in [5, 5.41) is 3.00. The maximum Gasteiger partial charge on any atom is 0.176 e. The fourth-order valence-electron chi connectivity index (χ4n) is 1.35. The molecule has 0 heterocycles. The quantitative estimate of drug-likeness (QED) is 0.436. The lowest BCUT2D eigenvalue weighted by Crippen LogP contribution is -2.22. The minimum absolute atomic E-state index is 0.132. The number of carbonyl (C=O) groups is 1. The van der Waals surface area contributed by atoms with E-state index in [1.165, 1.54) is 5.56 Å². The van der Waals surface area contributed by atoms with Gasteiger partial charge in [-0.05, 0) is 18.1 Å². The highest BCUT2D eigenvalue weighted by Gasteiger charge is 2.04. The Morgan fingerprint density at radius 3 is 3.00 bits per heavy atom. The number of carbonyl (C=O) groups excluding carboxylic acids is 1. The fourth-order valence-corrected chi connectivity index (χ4v) is 1.35. The van der Waals surface area contributed by atoms with E-state index in [1.807, 2.05) is 24.3 Å². The Bertz CT molecular complexity index is 344. The van der Waals surface area contributed by atoms with Gasteiger partial charge in [-0.2, -0.15) is 0 Å². The van der Waals surface area contributed by atoms with E-state index in [0.29, 0.717) is 13.1 Å². The molecule has 0 aliphatic heterocycles. The van der Waals surface area contributed by atoms with Gasteiger partial charge in [-0.15, -0.1) is 6.58 Å². The molecule has 0 unspecified atom stereocenters. The molecule has 0 saturated carbocycles. The average molecular weight is 203 g/mol. The summed E-state index contributed by atoms with van der Waals surface area (Å²) >= 11 is 0. The van der Waals surface area contributed by atoms with Gasteiger partial charge in [-0.1, -0.05) is 31.2 Å². The number of Topliss-reactive ketones (excluding diaryl/α,β-unsaturated/α-hetero) is 1. The molecule has 80 valence electrons. The summed E-state index contributed by atoms with van der Waals surface area (Å²) in [6.07, 6.45) is 2.71. The summed E-state index contributed by atoms with van der Waals surface area (Å²) in [7, 11) is 0. The molecule has 0 bridgehead atoms. The predicted octanol–water partition coefficient (Wildman–Crippen LogP) is 2.21. The number of hydrogen-bond donors (Lipinski definition) is 1. The maximum absolute atomic E-state index is 11.7. The van der Waals surface area contributed by atoms with Crippen molar-refractivity contribution < 1.29 is 4.79 Å². The second-order valence-electron chi connectivity index (χ2n) is 3.40. The number of hydrogen-bond acceptors (Lipinski definition) is 2. The first kappa shape index (κ1) is 11.7. The summed E-state index contributed by atoms with van der Waals surface area (Å²) < 4.78 is 0. The number of rotatable bonds is 6. The summed E-state index contributed by atoms with van der Waals surface area (Å²) in [5.41, 5.74) is 1.98. The van der Waals surface area contributed by atoms with Crippen LogP contribution in [0.3, 0.4) is 0 Å². The molecule has 0 aliphatic carbocycles. The van der Waals surface area contributed by atoms with Gasteiger partial charge < -0.3 is 5.32 Å². The molecule has 1 rings (SSSR count). The fraction of sp³-hybridized carbons (Fsp3) is 0.308. The predicted molar refractivity (Wildman–Crippen MR) is 63.2 cm³/mol. The maximum atomic E-state index is 11.7. The van der Waals surface area contributed by atoms with Crippen molar-refractivity contribution in [1.29, 1.82) is 0 Å². The van der Waals surface area contributed by atoms with E-state index in [1.54, 1.807) is 6.08 Å². The molecule has 1 N–H and O–H groups in total. The Morgan fingerprint density at radius 2 is 2.33 bits per heavy atom. The number of nitrogens with one attached hydrogen (secondary N) is 1. The molecular weight excluding hydrogens is 186 g/mol. The smallest absolute Gasteiger partial charge is 0.176 e. The molecule has 0 atom stereocenters. The standard InChI is InChI=1S/C13H17NO/c1-3-8-14-10-13(15)12-7-5-6-11(4-2)9-12/h3,5-7,9,14H,1,4,8,10H2,2H3. The topological polar surface area (TPSA) is 29.1 Å². The molecule has 1 aromatic carbocycles. The molecule has 2 heteroatoms. The van der Waals surface area contributed by atoms with E-state index in [2.05, 4.69) is 18.8 Å². The van der Waals surface area contributed by atoms with E-state index >= 15 is 0 Å². The molecule has 15 heavy (non-hydrogen) atoms. The van der Waals surface area contributed by atoms with Gasteiger partial charge in [0.2, 0.25) is 0 Å². The minimum Gasteiger partial charge on any atom is -0.306 e. The van der Waals surface area contributed by atoms with Crippen LogP contribution in [-0.2, 0) is 6.42 Å². The van der Waals surface area contributed by atoms with Crippen LogP contribution in [0.25, 0.3) is 0 Å². The number of benzene rings is 1. The third kappa shape index (κ3) is 3.68. The summed E-state index contributed by atoms with van der Waals surface area (Å²) in [6, 6.07) is 7.78. The van der Waals surface area contributed by atoms with Crippen molar-refractivity contribution in [2.75, 3.05) is 13.1 Å². The third-order valence-electron chi connectivity index (χ3n) is 2.23. The first-order chi connectivity index (χ1) is 7.27. The molecule has 0 amide bonds. The third-order valence-corrected chi connectivity index (χ3v) is 2.23. The monoisotopic (exact) mass is 203 g/mol. The Kier molecular flexibility index (Phi) is 4.78. The largest absolute Gasteiger partial charge is 0.306 e. The second-order valence-corrected chi connectivity index (χ2v) is 3.40. The number of aryl methyl sites for hydroxylation is 1. The highest BCUT2D eigenvalue weighted by atomic mass is 16.1. The lowest BCUT2D eigenvalue weighted by atomic mass is 10.1. The second kappa shape index (κ2) is 6.14. The van der Waals surface area contributed by atoms with Gasteiger partial charge >= 0.3 is 0 Å². The van der Waals surface area contributed by atoms with Crippen LogP contribution in [0.4, 0.5) is 0 Å². The van der Waals surface area contributed by atoms with Crippen LogP contribution in [0.5, 0.6) is 0 Å². The zero-order chi connectivity index (χ0) is 11.1. The Balaban J connectivity index is 2.60. The normalized spacial score (nSPS) is 9.93. The molecule has 2 nitrogen and oxygen atoms in total. The number of ketones is 1.